The predicted octanol–water partition coefficient (Wildman–Crippen LogP) is 0.355. The molecule has 0 saturated carbocycles. The smallest absolute Gasteiger partial charge is 0.264 e. The molecule has 0 aromatic carbocycles. The lowest BCUT2D eigenvalue weighted by Crippen LogP contribution is -2.11. The molecule has 30 heavy (non-hydrogen) atoms. The first kappa shape index (κ1) is 37.0. The van der Waals surface area contributed by atoms with Gasteiger partial charge >= 0.3 is 0 Å². The van der Waals surface area contributed by atoms with E-state index in [4.69, 9.17) is 29.0 Å². The average Bonchev–Trinajstić information content (AvgIpc) is 2.53. The number of aliphatic hydroxyl groups is 3. The second-order valence-electron chi connectivity index (χ2n) is 5.91. The van der Waals surface area contributed by atoms with Gasteiger partial charge in [0, 0.05) is 6.61 Å². The Kier molecular flexibility index (Phi) is 26.9. The molecular formula is C15H38O12S3. The second-order valence-corrected chi connectivity index (χ2v) is 10.6. The summed E-state index contributed by atoms with van der Waals surface area (Å²) in [6.07, 6.45) is 2.87. The van der Waals surface area contributed by atoms with Crippen LogP contribution in [0.2, 0.25) is 0 Å². The number of hydrogen-bond donors (Lipinski definition) is 6. The summed E-state index contributed by atoms with van der Waals surface area (Å²) in [7, 11) is -11.0. The fraction of sp³-hybridized carbons (Fsp3) is 1.00. The third-order valence-electron chi connectivity index (χ3n) is 2.54. The highest BCUT2D eigenvalue weighted by Gasteiger charge is 2.00. The molecule has 1 atom stereocenters. The minimum absolute atomic E-state index is 0.132. The molecule has 0 saturated heterocycles. The van der Waals surface area contributed by atoms with Crippen LogP contribution in [0, 0.1) is 0 Å². The van der Waals surface area contributed by atoms with Gasteiger partial charge in [0.05, 0.1) is 30.0 Å². The second kappa shape index (κ2) is 21.8. The van der Waals surface area contributed by atoms with E-state index in [-0.39, 0.29) is 30.5 Å². The monoisotopic (exact) mass is 506 g/mol. The van der Waals surface area contributed by atoms with E-state index in [1.54, 1.807) is 20.8 Å². The maximum Gasteiger partial charge on any atom is 0.264 e. The molecule has 15 heteroatoms. The molecule has 0 aliphatic heterocycles. The van der Waals surface area contributed by atoms with Crippen molar-refractivity contribution in [1.82, 2.24) is 0 Å². The average molecular weight is 507 g/mol. The number of aliphatic hydroxyl groups excluding tert-OH is 3. The van der Waals surface area contributed by atoms with Crippen molar-refractivity contribution in [3.8, 4) is 0 Å². The van der Waals surface area contributed by atoms with Gasteiger partial charge in [0.1, 0.15) is 0 Å². The molecule has 0 fully saturated rings. The van der Waals surface area contributed by atoms with Gasteiger partial charge in [-0.25, -0.2) is 0 Å². The molecule has 6 N–H and O–H groups in total. The van der Waals surface area contributed by atoms with E-state index in [2.05, 4.69) is 0 Å². The third kappa shape index (κ3) is 56.4. The SMILES string of the molecule is CCCS(=O)(=O)O.CCCS(=O)(=O)O.CCCS(=O)(=O)O.OCCCCC(O)CO. The summed E-state index contributed by atoms with van der Waals surface area (Å²) < 4.78 is 82.7. The molecule has 0 spiro atoms. The molecule has 0 aromatic heterocycles. The third-order valence-corrected chi connectivity index (χ3v) is 5.31. The van der Waals surface area contributed by atoms with Crippen LogP contribution in [0.1, 0.15) is 59.3 Å². The maximum absolute atomic E-state index is 9.79. The van der Waals surface area contributed by atoms with Crippen molar-refractivity contribution in [2.45, 2.75) is 65.4 Å². The molecule has 1 unspecified atom stereocenters. The lowest BCUT2D eigenvalue weighted by molar-refractivity contribution is 0.0848. The molecule has 0 aromatic rings. The molecule has 0 rings (SSSR count). The summed E-state index contributed by atoms with van der Waals surface area (Å²) in [5, 5.41) is 25.4. The van der Waals surface area contributed by atoms with Gasteiger partial charge in [0.2, 0.25) is 0 Å². The van der Waals surface area contributed by atoms with Crippen molar-refractivity contribution in [3.63, 3.8) is 0 Å². The van der Waals surface area contributed by atoms with Gasteiger partial charge in [-0.05, 0) is 38.5 Å². The first-order valence-corrected chi connectivity index (χ1v) is 14.1. The van der Waals surface area contributed by atoms with Crippen LogP contribution in [-0.2, 0) is 30.4 Å². The molecule has 12 nitrogen and oxygen atoms in total. The van der Waals surface area contributed by atoms with Crippen molar-refractivity contribution in [3.05, 3.63) is 0 Å². The fourth-order valence-corrected chi connectivity index (χ4v) is 2.90. The van der Waals surface area contributed by atoms with Crippen LogP contribution < -0.4 is 0 Å². The topological polar surface area (TPSA) is 224 Å². The summed E-state index contributed by atoms with van der Waals surface area (Å²) in [6.45, 7) is 5.05. The van der Waals surface area contributed by atoms with E-state index in [0.29, 0.717) is 32.1 Å². The quantitative estimate of drug-likeness (QED) is 0.165. The molecule has 0 heterocycles. The summed E-state index contributed by atoms with van der Waals surface area (Å²) in [6, 6.07) is 0. The molecule has 0 amide bonds. The Morgan fingerprint density at radius 2 is 0.933 bits per heavy atom. The van der Waals surface area contributed by atoms with Gasteiger partial charge in [0.15, 0.2) is 0 Å². The number of rotatable bonds is 11. The molecule has 0 radical (unpaired) electrons. The van der Waals surface area contributed by atoms with Crippen LogP contribution in [0.5, 0.6) is 0 Å². The summed E-state index contributed by atoms with van der Waals surface area (Å²) >= 11 is 0. The van der Waals surface area contributed by atoms with Crippen molar-refractivity contribution >= 4 is 30.4 Å². The van der Waals surface area contributed by atoms with Crippen LogP contribution in [0.15, 0.2) is 0 Å². The minimum Gasteiger partial charge on any atom is -0.396 e. The van der Waals surface area contributed by atoms with Crippen molar-refractivity contribution in [1.29, 1.82) is 0 Å². The van der Waals surface area contributed by atoms with Crippen molar-refractivity contribution in [2.75, 3.05) is 30.5 Å². The summed E-state index contributed by atoms with van der Waals surface area (Å²) in [5.74, 6) is -0.396. The lowest BCUT2D eigenvalue weighted by Gasteiger charge is -2.03. The van der Waals surface area contributed by atoms with E-state index in [1.165, 1.54) is 0 Å². The molecule has 0 aliphatic rings. The normalized spacial score (nSPS) is 12.3. The van der Waals surface area contributed by atoms with Crippen LogP contribution in [-0.4, -0.2) is 90.8 Å². The summed E-state index contributed by atoms with van der Waals surface area (Å²) in [5.41, 5.74) is 0. The van der Waals surface area contributed by atoms with Gasteiger partial charge in [-0.3, -0.25) is 13.7 Å². The molecule has 0 aliphatic carbocycles. The highest BCUT2D eigenvalue weighted by atomic mass is 32.2. The Balaban J connectivity index is -0.000000151. The van der Waals surface area contributed by atoms with Gasteiger partial charge in [-0.2, -0.15) is 25.3 Å². The van der Waals surface area contributed by atoms with E-state index >= 15 is 0 Å². The Morgan fingerprint density at radius 1 is 0.633 bits per heavy atom. The maximum atomic E-state index is 9.79. The predicted molar refractivity (Wildman–Crippen MR) is 114 cm³/mol. The molecule has 0 bridgehead atoms. The Bertz CT molecular complexity index is 576. The van der Waals surface area contributed by atoms with Crippen molar-refractivity contribution < 1.29 is 54.2 Å². The first-order chi connectivity index (χ1) is 13.5. The van der Waals surface area contributed by atoms with E-state index < -0.39 is 36.5 Å². The Hall–Kier alpha value is -0.390. The van der Waals surface area contributed by atoms with Gasteiger partial charge in [0.25, 0.3) is 30.4 Å². The van der Waals surface area contributed by atoms with Gasteiger partial charge < -0.3 is 15.3 Å². The number of hydrogen-bond acceptors (Lipinski definition) is 9. The Morgan fingerprint density at radius 3 is 1.07 bits per heavy atom. The zero-order chi connectivity index (χ0) is 24.9. The standard InChI is InChI=1S/C6H14O3.3C3H8O3S/c7-4-2-1-3-6(9)5-8;3*1-2-3-7(4,5)6/h6-9H,1-5H2;3*2-3H2,1H3,(H,4,5,6). The van der Waals surface area contributed by atoms with Crippen LogP contribution in [0.25, 0.3) is 0 Å². The first-order valence-electron chi connectivity index (χ1n) is 9.24. The van der Waals surface area contributed by atoms with Crippen LogP contribution in [0.4, 0.5) is 0 Å². The number of unbranched alkanes of at least 4 members (excludes halogenated alkanes) is 1. The fourth-order valence-electron chi connectivity index (χ4n) is 1.36. The minimum atomic E-state index is -3.67. The van der Waals surface area contributed by atoms with Gasteiger partial charge in [-0.15, -0.1) is 0 Å². The van der Waals surface area contributed by atoms with E-state index in [1.807, 2.05) is 0 Å². The van der Waals surface area contributed by atoms with Gasteiger partial charge in [-0.1, -0.05) is 20.8 Å². The zero-order valence-electron chi connectivity index (χ0n) is 17.7. The zero-order valence-corrected chi connectivity index (χ0v) is 20.2. The van der Waals surface area contributed by atoms with E-state index in [9.17, 15) is 25.3 Å². The largest absolute Gasteiger partial charge is 0.396 e. The highest BCUT2D eigenvalue weighted by Crippen LogP contribution is 1.98. The van der Waals surface area contributed by atoms with E-state index in [0.717, 1.165) is 6.42 Å². The molecular weight excluding hydrogens is 468 g/mol. The highest BCUT2D eigenvalue weighted by molar-refractivity contribution is 7.86. The van der Waals surface area contributed by atoms with Crippen LogP contribution in [0.3, 0.4) is 0 Å². The summed E-state index contributed by atoms with van der Waals surface area (Å²) in [4.78, 5) is 0. The van der Waals surface area contributed by atoms with Crippen molar-refractivity contribution in [2.24, 2.45) is 0 Å². The van der Waals surface area contributed by atoms with Crippen LogP contribution >= 0.6 is 0 Å². The molecule has 188 valence electrons. The lowest BCUT2D eigenvalue weighted by atomic mass is 10.2. The Labute approximate surface area is 180 Å².